The largest absolute Gasteiger partial charge is 0.358 e. The van der Waals surface area contributed by atoms with E-state index in [4.69, 9.17) is 12.2 Å². The van der Waals surface area contributed by atoms with Crippen LogP contribution in [0.2, 0.25) is 0 Å². The number of thiocarbonyl (C=S) groups is 1. The fourth-order valence-corrected chi connectivity index (χ4v) is 2.52. The van der Waals surface area contributed by atoms with Crippen LogP contribution < -0.4 is 10.6 Å². The molecule has 7 heteroatoms. The van der Waals surface area contributed by atoms with Gasteiger partial charge in [-0.1, -0.05) is 42.0 Å². The van der Waals surface area contributed by atoms with Gasteiger partial charge in [-0.25, -0.2) is 14.1 Å². The zero-order valence-corrected chi connectivity index (χ0v) is 14.6. The minimum absolute atomic E-state index is 0.257. The molecule has 0 amide bonds. The number of aromatic nitrogens is 3. The molecular weight excluding hydrogens is 337 g/mol. The van der Waals surface area contributed by atoms with Crippen LogP contribution in [-0.2, 0) is 13.1 Å². The predicted molar refractivity (Wildman–Crippen MR) is 99.8 cm³/mol. The highest BCUT2D eigenvalue weighted by atomic mass is 32.1. The van der Waals surface area contributed by atoms with Gasteiger partial charge in [-0.15, -0.1) is 5.10 Å². The second-order valence-electron chi connectivity index (χ2n) is 5.69. The van der Waals surface area contributed by atoms with Gasteiger partial charge in [0, 0.05) is 6.54 Å². The summed E-state index contributed by atoms with van der Waals surface area (Å²) in [5.74, 6) is 0.178. The molecule has 0 fully saturated rings. The molecule has 2 N–H and O–H groups in total. The van der Waals surface area contributed by atoms with Gasteiger partial charge in [-0.2, -0.15) is 0 Å². The highest BCUT2D eigenvalue weighted by Gasteiger charge is 2.04. The first-order chi connectivity index (χ1) is 12.1. The Morgan fingerprint density at radius 3 is 2.72 bits per heavy atom. The number of aryl methyl sites for hydroxylation is 1. The second-order valence-corrected chi connectivity index (χ2v) is 6.10. The average Bonchev–Trinajstić information content (AvgIpc) is 3.01. The fourth-order valence-electron chi connectivity index (χ4n) is 2.36. The topological polar surface area (TPSA) is 54.8 Å². The third-order valence-electron chi connectivity index (χ3n) is 3.56. The molecule has 0 radical (unpaired) electrons. The summed E-state index contributed by atoms with van der Waals surface area (Å²) >= 11 is 5.23. The molecule has 0 bridgehead atoms. The van der Waals surface area contributed by atoms with E-state index in [0.29, 0.717) is 24.2 Å². The van der Waals surface area contributed by atoms with Crippen molar-refractivity contribution in [1.29, 1.82) is 0 Å². The van der Waals surface area contributed by atoms with Crippen molar-refractivity contribution in [2.24, 2.45) is 0 Å². The van der Waals surface area contributed by atoms with E-state index in [1.807, 2.05) is 6.07 Å². The predicted octanol–water partition coefficient (Wildman–Crippen LogP) is 3.26. The van der Waals surface area contributed by atoms with E-state index in [1.54, 1.807) is 23.1 Å². The molecular formula is C18H18FN5S. The maximum Gasteiger partial charge on any atom is 0.248 e. The molecule has 0 aliphatic rings. The van der Waals surface area contributed by atoms with Gasteiger partial charge in [0.15, 0.2) is 5.11 Å². The van der Waals surface area contributed by atoms with Gasteiger partial charge in [0.1, 0.15) is 12.1 Å². The first-order valence-corrected chi connectivity index (χ1v) is 8.23. The van der Waals surface area contributed by atoms with Crippen molar-refractivity contribution < 1.29 is 4.39 Å². The summed E-state index contributed by atoms with van der Waals surface area (Å²) in [5, 5.41) is 10.8. The van der Waals surface area contributed by atoms with Gasteiger partial charge in [-0.3, -0.25) is 5.32 Å². The molecule has 0 saturated heterocycles. The van der Waals surface area contributed by atoms with E-state index in [9.17, 15) is 4.39 Å². The Hall–Kier alpha value is -2.80. The van der Waals surface area contributed by atoms with Crippen LogP contribution in [0.5, 0.6) is 0 Å². The lowest BCUT2D eigenvalue weighted by Gasteiger charge is -2.08. The molecule has 0 aliphatic carbocycles. The number of anilines is 1. The van der Waals surface area contributed by atoms with Crippen LogP contribution in [0.1, 0.15) is 16.7 Å². The maximum absolute atomic E-state index is 12.9. The number of rotatable bonds is 5. The van der Waals surface area contributed by atoms with Crippen molar-refractivity contribution in [1.82, 2.24) is 20.1 Å². The molecule has 5 nitrogen and oxygen atoms in total. The molecule has 0 unspecified atom stereocenters. The number of hydrogen-bond donors (Lipinski definition) is 2. The SMILES string of the molecule is Cc1cccc(Cn2cnc(NC(=S)NCc3ccc(F)cc3)n2)c1. The van der Waals surface area contributed by atoms with Gasteiger partial charge in [0.2, 0.25) is 5.95 Å². The monoisotopic (exact) mass is 355 g/mol. The summed E-state index contributed by atoms with van der Waals surface area (Å²) in [4.78, 5) is 4.21. The normalized spacial score (nSPS) is 10.5. The standard InChI is InChI=1S/C18H18FN5S/c1-13-3-2-4-15(9-13)11-24-12-21-17(23-24)22-18(25)20-10-14-5-7-16(19)8-6-14/h2-9,12H,10-11H2,1H3,(H2,20,22,23,25). The van der Waals surface area contributed by atoms with E-state index in [1.165, 1.54) is 17.7 Å². The number of halogens is 1. The molecule has 0 atom stereocenters. The summed E-state index contributed by atoms with van der Waals surface area (Å²) in [6.07, 6.45) is 1.66. The average molecular weight is 355 g/mol. The lowest BCUT2D eigenvalue weighted by atomic mass is 10.1. The van der Waals surface area contributed by atoms with Gasteiger partial charge in [0.05, 0.1) is 6.54 Å². The summed E-state index contributed by atoms with van der Waals surface area (Å²) < 4.78 is 14.6. The molecule has 1 aromatic heterocycles. The minimum Gasteiger partial charge on any atom is -0.358 e. The van der Waals surface area contributed by atoms with E-state index in [-0.39, 0.29) is 5.82 Å². The molecule has 0 aliphatic heterocycles. The number of benzene rings is 2. The zero-order valence-electron chi connectivity index (χ0n) is 13.7. The lowest BCUT2D eigenvalue weighted by Crippen LogP contribution is -2.28. The summed E-state index contributed by atoms with van der Waals surface area (Å²) in [7, 11) is 0. The minimum atomic E-state index is -0.257. The molecule has 3 aromatic rings. The lowest BCUT2D eigenvalue weighted by molar-refractivity contribution is 0.627. The van der Waals surface area contributed by atoms with Crippen LogP contribution >= 0.6 is 12.2 Å². The summed E-state index contributed by atoms with van der Waals surface area (Å²) in [5.41, 5.74) is 3.30. The van der Waals surface area contributed by atoms with Gasteiger partial charge in [-0.05, 0) is 42.4 Å². The first-order valence-electron chi connectivity index (χ1n) is 7.83. The first kappa shape index (κ1) is 17.0. The smallest absolute Gasteiger partial charge is 0.248 e. The van der Waals surface area contributed by atoms with Crippen molar-refractivity contribution in [2.45, 2.75) is 20.0 Å². The van der Waals surface area contributed by atoms with E-state index in [2.05, 4.69) is 45.8 Å². The molecule has 0 spiro atoms. The van der Waals surface area contributed by atoms with E-state index in [0.717, 1.165) is 11.1 Å². The fraction of sp³-hybridized carbons (Fsp3) is 0.167. The second kappa shape index (κ2) is 7.85. The van der Waals surface area contributed by atoms with Crippen LogP contribution in [-0.4, -0.2) is 19.9 Å². The third kappa shape index (κ3) is 5.09. The van der Waals surface area contributed by atoms with Crippen LogP contribution in [0.25, 0.3) is 0 Å². The van der Waals surface area contributed by atoms with Crippen molar-refractivity contribution in [3.8, 4) is 0 Å². The van der Waals surface area contributed by atoms with Crippen LogP contribution in [0.3, 0.4) is 0 Å². The van der Waals surface area contributed by atoms with Crippen LogP contribution in [0.4, 0.5) is 10.3 Å². The van der Waals surface area contributed by atoms with Gasteiger partial charge in [0.25, 0.3) is 0 Å². The Morgan fingerprint density at radius 1 is 1.16 bits per heavy atom. The quantitative estimate of drug-likeness (QED) is 0.688. The van der Waals surface area contributed by atoms with E-state index < -0.39 is 0 Å². The Kier molecular flexibility index (Phi) is 5.35. The molecule has 3 rings (SSSR count). The van der Waals surface area contributed by atoms with Crippen LogP contribution in [0, 0.1) is 12.7 Å². The molecule has 25 heavy (non-hydrogen) atoms. The Bertz CT molecular complexity index is 860. The Balaban J connectivity index is 1.52. The molecule has 0 saturated carbocycles. The van der Waals surface area contributed by atoms with Crippen LogP contribution in [0.15, 0.2) is 54.9 Å². The molecule has 2 aromatic carbocycles. The maximum atomic E-state index is 12.9. The van der Waals surface area contributed by atoms with Crippen molar-refractivity contribution in [3.63, 3.8) is 0 Å². The van der Waals surface area contributed by atoms with Crippen molar-refractivity contribution in [2.75, 3.05) is 5.32 Å². The van der Waals surface area contributed by atoms with Gasteiger partial charge >= 0.3 is 0 Å². The highest BCUT2D eigenvalue weighted by Crippen LogP contribution is 2.07. The summed E-state index contributed by atoms with van der Waals surface area (Å²) in [6.45, 7) is 3.20. The van der Waals surface area contributed by atoms with E-state index >= 15 is 0 Å². The van der Waals surface area contributed by atoms with Gasteiger partial charge < -0.3 is 5.32 Å². The number of hydrogen-bond acceptors (Lipinski definition) is 3. The summed E-state index contributed by atoms with van der Waals surface area (Å²) in [6, 6.07) is 14.5. The molecule has 128 valence electrons. The third-order valence-corrected chi connectivity index (χ3v) is 3.80. The molecule has 1 heterocycles. The highest BCUT2D eigenvalue weighted by molar-refractivity contribution is 7.80. The van der Waals surface area contributed by atoms with Crippen molar-refractivity contribution in [3.05, 3.63) is 77.4 Å². The number of nitrogens with one attached hydrogen (secondary N) is 2. The number of nitrogens with zero attached hydrogens (tertiary/aromatic N) is 3. The Labute approximate surface area is 150 Å². The Morgan fingerprint density at radius 2 is 1.96 bits per heavy atom. The zero-order chi connectivity index (χ0) is 17.6. The van der Waals surface area contributed by atoms with Crippen molar-refractivity contribution >= 4 is 23.3 Å².